The standard InChI is InChI=1S/C16H21N3O3/c1-12(22-15-6-4-14(21-3)5-7-15)16(20)17-9-8-13-10-19(2)11-18-13/h4-7,10-12H,8-9H2,1-3H3,(H,17,20). The highest BCUT2D eigenvalue weighted by Crippen LogP contribution is 2.18. The average molecular weight is 303 g/mol. The third-order valence-corrected chi connectivity index (χ3v) is 3.18. The minimum absolute atomic E-state index is 0.147. The van der Waals surface area contributed by atoms with Crippen LogP contribution in [-0.4, -0.2) is 35.2 Å². The van der Waals surface area contributed by atoms with E-state index in [4.69, 9.17) is 9.47 Å². The van der Waals surface area contributed by atoms with Crippen molar-refractivity contribution in [2.75, 3.05) is 13.7 Å². The van der Waals surface area contributed by atoms with Gasteiger partial charge in [-0.2, -0.15) is 0 Å². The first-order chi connectivity index (χ1) is 10.6. The van der Waals surface area contributed by atoms with Gasteiger partial charge in [0, 0.05) is 26.2 Å². The molecule has 2 aromatic rings. The maximum absolute atomic E-state index is 12.0. The molecule has 0 saturated heterocycles. The second kappa shape index (κ2) is 7.49. The predicted molar refractivity (Wildman–Crippen MR) is 83.0 cm³/mol. The van der Waals surface area contributed by atoms with E-state index in [9.17, 15) is 4.79 Å². The summed E-state index contributed by atoms with van der Waals surface area (Å²) in [7, 11) is 3.52. The SMILES string of the molecule is COc1ccc(OC(C)C(=O)NCCc2cn(C)cn2)cc1. The first kappa shape index (κ1) is 15.9. The van der Waals surface area contributed by atoms with E-state index in [2.05, 4.69) is 10.3 Å². The lowest BCUT2D eigenvalue weighted by atomic mass is 10.3. The highest BCUT2D eigenvalue weighted by atomic mass is 16.5. The monoisotopic (exact) mass is 303 g/mol. The van der Waals surface area contributed by atoms with Crippen molar-refractivity contribution in [3.8, 4) is 11.5 Å². The minimum Gasteiger partial charge on any atom is -0.497 e. The van der Waals surface area contributed by atoms with E-state index >= 15 is 0 Å². The second-order valence-corrected chi connectivity index (χ2v) is 5.01. The van der Waals surface area contributed by atoms with Gasteiger partial charge in [-0.3, -0.25) is 4.79 Å². The quantitative estimate of drug-likeness (QED) is 0.843. The van der Waals surface area contributed by atoms with Gasteiger partial charge in [-0.1, -0.05) is 0 Å². The van der Waals surface area contributed by atoms with E-state index in [1.165, 1.54) is 0 Å². The molecule has 6 nitrogen and oxygen atoms in total. The molecule has 1 N–H and O–H groups in total. The number of ether oxygens (including phenoxy) is 2. The second-order valence-electron chi connectivity index (χ2n) is 5.01. The van der Waals surface area contributed by atoms with Crippen LogP contribution in [0.4, 0.5) is 0 Å². The molecule has 1 amide bonds. The molecule has 1 unspecified atom stereocenters. The maximum Gasteiger partial charge on any atom is 0.260 e. The highest BCUT2D eigenvalue weighted by Gasteiger charge is 2.14. The molecule has 0 spiro atoms. The Balaban J connectivity index is 1.76. The number of rotatable bonds is 7. The molecule has 22 heavy (non-hydrogen) atoms. The fourth-order valence-corrected chi connectivity index (χ4v) is 1.97. The van der Waals surface area contributed by atoms with Crippen molar-refractivity contribution in [1.82, 2.24) is 14.9 Å². The zero-order chi connectivity index (χ0) is 15.9. The molecular formula is C16H21N3O3. The van der Waals surface area contributed by atoms with Crippen molar-refractivity contribution in [2.24, 2.45) is 7.05 Å². The Bertz CT molecular complexity index is 607. The Morgan fingerprint density at radius 1 is 1.32 bits per heavy atom. The van der Waals surface area contributed by atoms with Crippen LogP contribution in [0.2, 0.25) is 0 Å². The lowest BCUT2D eigenvalue weighted by molar-refractivity contribution is -0.127. The molecule has 0 radical (unpaired) electrons. The van der Waals surface area contributed by atoms with Crippen molar-refractivity contribution in [2.45, 2.75) is 19.4 Å². The molecule has 0 aliphatic carbocycles. The predicted octanol–water partition coefficient (Wildman–Crippen LogP) is 1.55. The lowest BCUT2D eigenvalue weighted by Crippen LogP contribution is -2.37. The molecule has 1 aromatic heterocycles. The van der Waals surface area contributed by atoms with Crippen LogP contribution in [0.5, 0.6) is 11.5 Å². The molecule has 6 heteroatoms. The van der Waals surface area contributed by atoms with Crippen LogP contribution in [0.3, 0.4) is 0 Å². The number of hydrogen-bond donors (Lipinski definition) is 1. The highest BCUT2D eigenvalue weighted by molar-refractivity contribution is 5.80. The summed E-state index contributed by atoms with van der Waals surface area (Å²) in [5, 5.41) is 2.85. The summed E-state index contributed by atoms with van der Waals surface area (Å²) >= 11 is 0. The van der Waals surface area contributed by atoms with Crippen molar-refractivity contribution in [3.05, 3.63) is 42.5 Å². The third kappa shape index (κ3) is 4.51. The summed E-state index contributed by atoms with van der Waals surface area (Å²) in [6.45, 7) is 2.26. The van der Waals surface area contributed by atoms with Crippen LogP contribution < -0.4 is 14.8 Å². The Morgan fingerprint density at radius 2 is 2.00 bits per heavy atom. The first-order valence-corrected chi connectivity index (χ1v) is 7.13. The molecule has 0 saturated carbocycles. The molecule has 1 heterocycles. The smallest absolute Gasteiger partial charge is 0.260 e. The van der Waals surface area contributed by atoms with Crippen LogP contribution in [0.15, 0.2) is 36.8 Å². The number of nitrogens with zero attached hydrogens (tertiary/aromatic N) is 2. The number of aryl methyl sites for hydroxylation is 1. The summed E-state index contributed by atoms with van der Waals surface area (Å²) < 4.78 is 12.6. The molecule has 0 fully saturated rings. The molecule has 1 aromatic carbocycles. The molecule has 0 bridgehead atoms. The van der Waals surface area contributed by atoms with Crippen LogP contribution in [-0.2, 0) is 18.3 Å². The van der Waals surface area contributed by atoms with Crippen molar-refractivity contribution >= 4 is 5.91 Å². The van der Waals surface area contributed by atoms with Gasteiger partial charge in [-0.15, -0.1) is 0 Å². The zero-order valence-electron chi connectivity index (χ0n) is 13.1. The summed E-state index contributed by atoms with van der Waals surface area (Å²) in [4.78, 5) is 16.2. The fourth-order valence-electron chi connectivity index (χ4n) is 1.97. The zero-order valence-corrected chi connectivity index (χ0v) is 13.1. The number of benzene rings is 1. The number of imidazole rings is 1. The van der Waals surface area contributed by atoms with Gasteiger partial charge in [0.05, 0.1) is 19.1 Å². The van der Waals surface area contributed by atoms with Gasteiger partial charge in [-0.25, -0.2) is 4.98 Å². The molecule has 2 rings (SSSR count). The topological polar surface area (TPSA) is 65.4 Å². The van der Waals surface area contributed by atoms with E-state index in [1.807, 2.05) is 17.8 Å². The molecule has 0 aliphatic heterocycles. The number of carbonyl (C=O) groups excluding carboxylic acids is 1. The number of carbonyl (C=O) groups is 1. The van der Waals surface area contributed by atoms with Gasteiger partial charge in [0.25, 0.3) is 5.91 Å². The Kier molecular flexibility index (Phi) is 5.41. The van der Waals surface area contributed by atoms with Gasteiger partial charge < -0.3 is 19.4 Å². The Morgan fingerprint density at radius 3 is 2.59 bits per heavy atom. The van der Waals surface area contributed by atoms with E-state index in [0.29, 0.717) is 18.7 Å². The number of methoxy groups -OCH3 is 1. The number of amides is 1. The third-order valence-electron chi connectivity index (χ3n) is 3.18. The summed E-state index contributed by atoms with van der Waals surface area (Å²) in [6.07, 6.45) is 3.81. The van der Waals surface area contributed by atoms with Gasteiger partial charge in [-0.05, 0) is 31.2 Å². The number of hydrogen-bond acceptors (Lipinski definition) is 4. The molecule has 118 valence electrons. The first-order valence-electron chi connectivity index (χ1n) is 7.13. The van der Waals surface area contributed by atoms with Crippen molar-refractivity contribution < 1.29 is 14.3 Å². The lowest BCUT2D eigenvalue weighted by Gasteiger charge is -2.14. The summed E-state index contributed by atoms with van der Waals surface area (Å²) in [6, 6.07) is 7.13. The van der Waals surface area contributed by atoms with Crippen molar-refractivity contribution in [1.29, 1.82) is 0 Å². The molecule has 1 atom stereocenters. The van der Waals surface area contributed by atoms with Gasteiger partial charge in [0.15, 0.2) is 6.10 Å². The van der Waals surface area contributed by atoms with Crippen molar-refractivity contribution in [3.63, 3.8) is 0 Å². The van der Waals surface area contributed by atoms with Crippen LogP contribution in [0.25, 0.3) is 0 Å². The largest absolute Gasteiger partial charge is 0.497 e. The Labute approximate surface area is 130 Å². The van der Waals surface area contributed by atoms with E-state index in [0.717, 1.165) is 11.4 Å². The summed E-state index contributed by atoms with van der Waals surface area (Å²) in [5.74, 6) is 1.24. The van der Waals surface area contributed by atoms with Crippen LogP contribution in [0, 0.1) is 0 Å². The average Bonchev–Trinajstić information content (AvgIpc) is 2.93. The fraction of sp³-hybridized carbons (Fsp3) is 0.375. The molecule has 0 aliphatic rings. The van der Waals surface area contributed by atoms with E-state index < -0.39 is 6.10 Å². The summed E-state index contributed by atoms with van der Waals surface area (Å²) in [5.41, 5.74) is 0.950. The number of aromatic nitrogens is 2. The maximum atomic E-state index is 12.0. The minimum atomic E-state index is -0.558. The van der Waals surface area contributed by atoms with E-state index in [1.54, 1.807) is 44.6 Å². The van der Waals surface area contributed by atoms with Crippen LogP contribution >= 0.6 is 0 Å². The molecular weight excluding hydrogens is 282 g/mol. The number of nitrogens with one attached hydrogen (secondary N) is 1. The van der Waals surface area contributed by atoms with Gasteiger partial charge in [0.2, 0.25) is 0 Å². The van der Waals surface area contributed by atoms with Crippen LogP contribution in [0.1, 0.15) is 12.6 Å². The Hall–Kier alpha value is -2.50. The normalized spacial score (nSPS) is 11.8. The van der Waals surface area contributed by atoms with Gasteiger partial charge in [0.1, 0.15) is 11.5 Å². The van der Waals surface area contributed by atoms with E-state index in [-0.39, 0.29) is 5.91 Å². The van der Waals surface area contributed by atoms with Gasteiger partial charge >= 0.3 is 0 Å².